The van der Waals surface area contributed by atoms with Crippen molar-refractivity contribution in [3.63, 3.8) is 0 Å². The molecule has 0 saturated carbocycles. The number of nitrogens with zero attached hydrogens (tertiary/aromatic N) is 1. The van der Waals surface area contributed by atoms with E-state index in [2.05, 4.69) is 0 Å². The van der Waals surface area contributed by atoms with Crippen molar-refractivity contribution in [3.8, 4) is 0 Å². The molecule has 0 spiro atoms. The van der Waals surface area contributed by atoms with Crippen molar-refractivity contribution >= 4 is 17.5 Å². The van der Waals surface area contributed by atoms with Gasteiger partial charge >= 0.3 is 0 Å². The lowest BCUT2D eigenvalue weighted by Crippen LogP contribution is -2.45. The summed E-state index contributed by atoms with van der Waals surface area (Å²) in [7, 11) is 1.81. The zero-order valence-corrected chi connectivity index (χ0v) is 10.3. The van der Waals surface area contributed by atoms with Gasteiger partial charge in [0.1, 0.15) is 11.6 Å². The number of hydrogen-bond donors (Lipinski definition) is 0. The topological polar surface area (TPSA) is 20.3 Å². The molecular weight excluding hydrogens is 244 g/mol. The van der Waals surface area contributed by atoms with E-state index in [1.165, 1.54) is 6.07 Å². The van der Waals surface area contributed by atoms with E-state index in [1.807, 2.05) is 4.90 Å². The second-order valence-electron chi connectivity index (χ2n) is 4.03. The van der Waals surface area contributed by atoms with Crippen LogP contribution in [0.3, 0.4) is 0 Å². The normalized spacial score (nSPS) is 21.5. The first-order valence-corrected chi connectivity index (χ1v) is 6.53. The quantitative estimate of drug-likeness (QED) is 0.758. The molecule has 0 aromatic heterocycles. The van der Waals surface area contributed by atoms with E-state index in [-0.39, 0.29) is 0 Å². The van der Waals surface area contributed by atoms with Crippen LogP contribution < -0.4 is 0 Å². The minimum Gasteiger partial charge on any atom is -0.295 e. The van der Waals surface area contributed by atoms with Crippen molar-refractivity contribution in [2.24, 2.45) is 0 Å². The third-order valence-corrected chi connectivity index (χ3v) is 3.93. The molecule has 0 bridgehead atoms. The number of likely N-dealkylation sites (N-methyl/N-ethyl adjacent to an activating group) is 1. The number of benzene rings is 1. The average molecular weight is 257 g/mol. The largest absolute Gasteiger partial charge is 0.295 e. The number of thioether (sulfide) groups is 1. The van der Waals surface area contributed by atoms with Crippen LogP contribution in [0.2, 0.25) is 0 Å². The standard InChI is InChI=1S/C12H13F2NOS/c1-15-5-6-17-7-10(15)12(16)11-8(13)3-2-4-9(11)14/h2-4,10H,5-7H2,1H3. The van der Waals surface area contributed by atoms with Gasteiger partial charge in [0.05, 0.1) is 11.6 Å². The first-order valence-electron chi connectivity index (χ1n) is 5.37. The van der Waals surface area contributed by atoms with E-state index < -0.39 is 29.0 Å². The summed E-state index contributed by atoms with van der Waals surface area (Å²) < 4.78 is 27.0. The minimum absolute atomic E-state index is 0.410. The molecule has 1 aromatic carbocycles. The number of rotatable bonds is 2. The fourth-order valence-electron chi connectivity index (χ4n) is 1.86. The predicted octanol–water partition coefficient (Wildman–Crippen LogP) is 2.19. The Morgan fingerprint density at radius 1 is 1.41 bits per heavy atom. The van der Waals surface area contributed by atoms with E-state index in [4.69, 9.17) is 0 Å². The Bertz CT molecular complexity index is 418. The molecule has 1 aromatic rings. The van der Waals surface area contributed by atoms with Gasteiger partial charge in [0.25, 0.3) is 0 Å². The number of hydrogen-bond acceptors (Lipinski definition) is 3. The molecule has 2 rings (SSSR count). The van der Waals surface area contributed by atoms with E-state index in [1.54, 1.807) is 18.8 Å². The van der Waals surface area contributed by atoms with Crippen molar-refractivity contribution in [2.75, 3.05) is 25.1 Å². The molecule has 1 saturated heterocycles. The second kappa shape index (κ2) is 5.14. The maximum Gasteiger partial charge on any atom is 0.186 e. The summed E-state index contributed by atoms with van der Waals surface area (Å²) in [6, 6.07) is 3.07. The lowest BCUT2D eigenvalue weighted by atomic mass is 10.0. The maximum absolute atomic E-state index is 13.5. The van der Waals surface area contributed by atoms with Gasteiger partial charge in [0, 0.05) is 18.1 Å². The van der Waals surface area contributed by atoms with Gasteiger partial charge in [-0.3, -0.25) is 9.69 Å². The summed E-state index contributed by atoms with van der Waals surface area (Å²) in [5.74, 6) is -0.489. The van der Waals surface area contributed by atoms with Crippen LogP contribution in [0.1, 0.15) is 10.4 Å². The van der Waals surface area contributed by atoms with Crippen molar-refractivity contribution in [1.82, 2.24) is 4.90 Å². The predicted molar refractivity (Wildman–Crippen MR) is 64.4 cm³/mol. The molecule has 5 heteroatoms. The van der Waals surface area contributed by atoms with Crippen LogP contribution in [-0.4, -0.2) is 41.8 Å². The van der Waals surface area contributed by atoms with Crippen molar-refractivity contribution in [1.29, 1.82) is 0 Å². The molecule has 0 aliphatic carbocycles. The third kappa shape index (κ3) is 2.50. The van der Waals surface area contributed by atoms with E-state index in [9.17, 15) is 13.6 Å². The number of carbonyl (C=O) groups is 1. The molecule has 92 valence electrons. The minimum atomic E-state index is -0.779. The Morgan fingerprint density at radius 2 is 2.06 bits per heavy atom. The van der Waals surface area contributed by atoms with Gasteiger partial charge in [-0.05, 0) is 19.2 Å². The lowest BCUT2D eigenvalue weighted by Gasteiger charge is -2.30. The van der Waals surface area contributed by atoms with Crippen LogP contribution in [0.5, 0.6) is 0 Å². The van der Waals surface area contributed by atoms with Gasteiger partial charge in [-0.15, -0.1) is 0 Å². The highest BCUT2D eigenvalue weighted by molar-refractivity contribution is 7.99. The van der Waals surface area contributed by atoms with Crippen LogP contribution >= 0.6 is 11.8 Å². The summed E-state index contributed by atoms with van der Waals surface area (Å²) in [4.78, 5) is 14.0. The van der Waals surface area contributed by atoms with E-state index in [0.717, 1.165) is 24.4 Å². The number of carbonyl (C=O) groups excluding carboxylic acids is 1. The van der Waals surface area contributed by atoms with Crippen molar-refractivity contribution in [2.45, 2.75) is 6.04 Å². The fourth-order valence-corrected chi connectivity index (χ4v) is 3.08. The molecule has 0 radical (unpaired) electrons. The van der Waals surface area contributed by atoms with Crippen molar-refractivity contribution < 1.29 is 13.6 Å². The molecule has 1 atom stereocenters. The molecule has 2 nitrogen and oxygen atoms in total. The van der Waals surface area contributed by atoms with Gasteiger partial charge in [-0.1, -0.05) is 6.07 Å². The highest BCUT2D eigenvalue weighted by Gasteiger charge is 2.30. The van der Waals surface area contributed by atoms with Crippen LogP contribution in [0.4, 0.5) is 8.78 Å². The number of Topliss-reactive ketones (excluding diaryl/α,β-unsaturated/α-hetero) is 1. The summed E-state index contributed by atoms with van der Waals surface area (Å²) in [6.45, 7) is 0.761. The Labute approximate surface area is 103 Å². The van der Waals surface area contributed by atoms with Crippen LogP contribution in [0, 0.1) is 11.6 Å². The zero-order chi connectivity index (χ0) is 12.4. The lowest BCUT2D eigenvalue weighted by molar-refractivity contribution is 0.0865. The maximum atomic E-state index is 13.5. The smallest absolute Gasteiger partial charge is 0.186 e. The molecule has 1 fully saturated rings. The molecule has 1 aliphatic heterocycles. The zero-order valence-electron chi connectivity index (χ0n) is 9.45. The van der Waals surface area contributed by atoms with E-state index >= 15 is 0 Å². The third-order valence-electron chi connectivity index (χ3n) is 2.91. The first kappa shape index (κ1) is 12.5. The summed E-state index contributed by atoms with van der Waals surface area (Å²) in [5.41, 5.74) is -0.410. The molecule has 0 amide bonds. The molecule has 1 aliphatic rings. The van der Waals surface area contributed by atoms with E-state index in [0.29, 0.717) is 5.75 Å². The first-order chi connectivity index (χ1) is 8.11. The molecule has 1 heterocycles. The highest BCUT2D eigenvalue weighted by Crippen LogP contribution is 2.21. The molecule has 1 unspecified atom stereocenters. The summed E-state index contributed by atoms with van der Waals surface area (Å²) in [6.07, 6.45) is 0. The Balaban J connectivity index is 2.30. The van der Waals surface area contributed by atoms with Gasteiger partial charge in [0.2, 0.25) is 0 Å². The molecular formula is C12H13F2NOS. The fraction of sp³-hybridized carbons (Fsp3) is 0.417. The van der Waals surface area contributed by atoms with Gasteiger partial charge in [-0.2, -0.15) is 11.8 Å². The Kier molecular flexibility index (Phi) is 3.79. The van der Waals surface area contributed by atoms with Crippen LogP contribution in [0.15, 0.2) is 18.2 Å². The highest BCUT2D eigenvalue weighted by atomic mass is 32.2. The van der Waals surface area contributed by atoms with Gasteiger partial charge in [-0.25, -0.2) is 8.78 Å². The monoisotopic (exact) mass is 257 g/mol. The Hall–Kier alpha value is -0.940. The van der Waals surface area contributed by atoms with Gasteiger partial charge in [0.15, 0.2) is 5.78 Å². The SMILES string of the molecule is CN1CCSCC1C(=O)c1c(F)cccc1F. The summed E-state index contributed by atoms with van der Waals surface area (Å²) in [5, 5.41) is 0. The number of halogens is 2. The molecule has 0 N–H and O–H groups in total. The van der Waals surface area contributed by atoms with Gasteiger partial charge < -0.3 is 0 Å². The summed E-state index contributed by atoms with van der Waals surface area (Å²) >= 11 is 1.63. The van der Waals surface area contributed by atoms with Crippen LogP contribution in [0.25, 0.3) is 0 Å². The molecule has 17 heavy (non-hydrogen) atoms. The number of ketones is 1. The van der Waals surface area contributed by atoms with Crippen molar-refractivity contribution in [3.05, 3.63) is 35.4 Å². The van der Waals surface area contributed by atoms with Crippen LogP contribution in [-0.2, 0) is 0 Å². The second-order valence-corrected chi connectivity index (χ2v) is 5.18. The average Bonchev–Trinajstić information content (AvgIpc) is 2.29. The Morgan fingerprint density at radius 3 is 2.65 bits per heavy atom.